The summed E-state index contributed by atoms with van der Waals surface area (Å²) < 4.78 is 33.1. The van der Waals surface area contributed by atoms with Crippen LogP contribution in [-0.2, 0) is 17.8 Å². The van der Waals surface area contributed by atoms with Gasteiger partial charge in [-0.25, -0.2) is 0 Å². The fourth-order valence-corrected chi connectivity index (χ4v) is 3.23. The molecule has 1 saturated heterocycles. The van der Waals surface area contributed by atoms with Gasteiger partial charge >= 0.3 is 0 Å². The Labute approximate surface area is 156 Å². The van der Waals surface area contributed by atoms with Crippen molar-refractivity contribution in [3.05, 3.63) is 57.3 Å². The zero-order valence-corrected chi connectivity index (χ0v) is 14.3. The molecule has 0 bridgehead atoms. The van der Waals surface area contributed by atoms with Crippen LogP contribution in [0.5, 0.6) is 5.75 Å². The molecule has 0 spiro atoms. The Morgan fingerprint density at radius 1 is 1.36 bits per heavy atom. The molecule has 2 aromatic heterocycles. The molecular weight excluding hydrogens is 378 g/mol. The van der Waals surface area contributed by atoms with E-state index in [1.807, 2.05) is 0 Å². The number of carbonyl (C=O) groups is 2. The highest BCUT2D eigenvalue weighted by atomic mass is 19.1. The molecule has 9 nitrogen and oxygen atoms in total. The fourth-order valence-electron chi connectivity index (χ4n) is 3.23. The van der Waals surface area contributed by atoms with Crippen LogP contribution in [0.15, 0.2) is 23.1 Å². The number of ether oxygens (including phenoxy) is 1. The van der Waals surface area contributed by atoms with E-state index in [2.05, 4.69) is 10.3 Å². The van der Waals surface area contributed by atoms with E-state index >= 15 is 0 Å². The van der Waals surface area contributed by atoms with Gasteiger partial charge in [-0.3, -0.25) is 14.4 Å². The zero-order valence-electron chi connectivity index (χ0n) is 14.3. The molecule has 146 valence electrons. The van der Waals surface area contributed by atoms with E-state index in [1.54, 1.807) is 0 Å². The second kappa shape index (κ2) is 6.68. The molecule has 2 aliphatic heterocycles. The Morgan fingerprint density at radius 3 is 2.89 bits per heavy atom. The first kappa shape index (κ1) is 18.0. The maximum atomic E-state index is 13.6. The molecule has 1 fully saturated rings. The first-order valence-electron chi connectivity index (χ1n) is 8.35. The first-order chi connectivity index (χ1) is 13.4. The number of nitrogens with one attached hydrogen (secondary N) is 1. The number of rotatable bonds is 3. The Morgan fingerprint density at radius 2 is 2.14 bits per heavy atom. The molecule has 2 N–H and O–H groups in total. The molecule has 0 aromatic carbocycles. The maximum Gasteiger partial charge on any atom is 0.276 e. The molecule has 0 saturated carbocycles. The van der Waals surface area contributed by atoms with Gasteiger partial charge in [0.25, 0.3) is 11.8 Å². The van der Waals surface area contributed by atoms with Gasteiger partial charge in [-0.15, -0.1) is 0 Å². The van der Waals surface area contributed by atoms with E-state index in [0.29, 0.717) is 13.2 Å². The smallest absolute Gasteiger partial charge is 0.276 e. The number of fused-ring (bicyclic) bond motifs is 2. The van der Waals surface area contributed by atoms with E-state index < -0.39 is 46.7 Å². The summed E-state index contributed by atoms with van der Waals surface area (Å²) in [6.45, 7) is 0.473. The summed E-state index contributed by atoms with van der Waals surface area (Å²) in [7, 11) is 0. The number of halogens is 2. The minimum absolute atomic E-state index is 0.0813. The lowest BCUT2D eigenvalue weighted by Crippen LogP contribution is -2.46. The van der Waals surface area contributed by atoms with Crippen molar-refractivity contribution in [2.75, 3.05) is 13.2 Å². The lowest BCUT2D eigenvalue weighted by molar-refractivity contribution is 0.00845. The Bertz CT molecular complexity index is 1050. The molecule has 11 heteroatoms. The molecule has 0 aliphatic carbocycles. The molecule has 0 radical (unpaired) electrons. The predicted molar refractivity (Wildman–Crippen MR) is 88.5 cm³/mol. The Kier molecular flexibility index (Phi) is 4.30. The summed E-state index contributed by atoms with van der Waals surface area (Å²) >= 11 is 0. The van der Waals surface area contributed by atoms with Gasteiger partial charge in [-0.1, -0.05) is 0 Å². The quantitative estimate of drug-likeness (QED) is 0.710. The minimum Gasteiger partial charge on any atom is -0.503 e. The highest BCUT2D eigenvalue weighted by Crippen LogP contribution is 2.26. The fraction of sp³-hybridized carbons (Fsp3) is 0.294. The summed E-state index contributed by atoms with van der Waals surface area (Å²) in [6.07, 6.45) is 0.611. The molecule has 1 atom stereocenters. The SMILES string of the molecule is O=C(NCc1ccc(F)nc1F)c1cn2c(c(O)c1=O)C(=O)N1CCOC1C2. The van der Waals surface area contributed by atoms with Gasteiger partial charge in [0.05, 0.1) is 13.2 Å². The molecule has 1 unspecified atom stereocenters. The highest BCUT2D eigenvalue weighted by molar-refractivity contribution is 5.99. The van der Waals surface area contributed by atoms with Gasteiger partial charge in [0.1, 0.15) is 5.56 Å². The number of aromatic hydroxyl groups is 1. The number of nitrogens with zero attached hydrogens (tertiary/aromatic N) is 3. The summed E-state index contributed by atoms with van der Waals surface area (Å²) in [5.41, 5.74) is -1.73. The van der Waals surface area contributed by atoms with Gasteiger partial charge < -0.3 is 24.6 Å². The van der Waals surface area contributed by atoms with E-state index in [1.165, 1.54) is 9.47 Å². The summed E-state index contributed by atoms with van der Waals surface area (Å²) in [4.78, 5) is 41.6. The van der Waals surface area contributed by atoms with Crippen molar-refractivity contribution in [2.24, 2.45) is 0 Å². The molecule has 2 aromatic rings. The van der Waals surface area contributed by atoms with Crippen molar-refractivity contribution < 1.29 is 28.2 Å². The second-order valence-electron chi connectivity index (χ2n) is 6.31. The van der Waals surface area contributed by atoms with Gasteiger partial charge in [0.2, 0.25) is 17.3 Å². The lowest BCUT2D eigenvalue weighted by Gasteiger charge is -2.31. The monoisotopic (exact) mass is 392 g/mol. The molecule has 2 aliphatic rings. The third-order valence-corrected chi connectivity index (χ3v) is 4.64. The molecule has 28 heavy (non-hydrogen) atoms. The zero-order chi connectivity index (χ0) is 20.0. The second-order valence-corrected chi connectivity index (χ2v) is 6.31. The number of pyridine rings is 2. The van der Waals surface area contributed by atoms with Gasteiger partial charge in [0.15, 0.2) is 17.7 Å². The number of amides is 2. The largest absolute Gasteiger partial charge is 0.503 e. The van der Waals surface area contributed by atoms with Crippen molar-refractivity contribution >= 4 is 11.8 Å². The van der Waals surface area contributed by atoms with Crippen molar-refractivity contribution in [3.8, 4) is 5.75 Å². The molecule has 4 heterocycles. The van der Waals surface area contributed by atoms with Crippen LogP contribution in [0.2, 0.25) is 0 Å². The van der Waals surface area contributed by atoms with Crippen LogP contribution in [0.25, 0.3) is 0 Å². The molecule has 4 rings (SSSR count). The predicted octanol–water partition coefficient (Wildman–Crippen LogP) is -0.0308. The number of aromatic nitrogens is 2. The summed E-state index contributed by atoms with van der Waals surface area (Å²) in [5.74, 6) is -4.37. The third-order valence-electron chi connectivity index (χ3n) is 4.64. The van der Waals surface area contributed by atoms with Crippen LogP contribution < -0.4 is 10.7 Å². The maximum absolute atomic E-state index is 13.6. The highest BCUT2D eigenvalue weighted by Gasteiger charge is 2.39. The van der Waals surface area contributed by atoms with Crippen LogP contribution in [0, 0.1) is 11.9 Å². The van der Waals surface area contributed by atoms with Crippen LogP contribution in [0.1, 0.15) is 26.4 Å². The topological polar surface area (TPSA) is 114 Å². The van der Waals surface area contributed by atoms with Gasteiger partial charge in [-0.2, -0.15) is 13.8 Å². The van der Waals surface area contributed by atoms with E-state index in [4.69, 9.17) is 4.74 Å². The van der Waals surface area contributed by atoms with Crippen molar-refractivity contribution in [1.82, 2.24) is 19.8 Å². The van der Waals surface area contributed by atoms with Crippen LogP contribution in [0.3, 0.4) is 0 Å². The standard InChI is InChI=1S/C17H14F2N4O5/c18-10-2-1-8(15(19)21-10)5-20-16(26)9-6-22-7-11-23(3-4-28-11)17(27)12(22)14(25)13(9)24/h1-2,6,11,25H,3-5,7H2,(H,20,26). The van der Waals surface area contributed by atoms with Crippen LogP contribution >= 0.6 is 0 Å². The number of hydrogen-bond acceptors (Lipinski definition) is 6. The normalized spacial score (nSPS) is 18.0. The number of hydrogen-bond donors (Lipinski definition) is 2. The van der Waals surface area contributed by atoms with Crippen LogP contribution in [0.4, 0.5) is 8.78 Å². The lowest BCUT2D eigenvalue weighted by atomic mass is 10.1. The summed E-state index contributed by atoms with van der Waals surface area (Å²) in [5, 5.41) is 12.5. The van der Waals surface area contributed by atoms with Crippen LogP contribution in [-0.4, -0.2) is 50.8 Å². The average molecular weight is 392 g/mol. The molecular formula is C17H14F2N4O5. The Balaban J connectivity index is 1.62. The minimum atomic E-state index is -1.09. The number of carbonyl (C=O) groups excluding carboxylic acids is 2. The van der Waals surface area contributed by atoms with Crippen molar-refractivity contribution in [3.63, 3.8) is 0 Å². The third kappa shape index (κ3) is 2.89. The van der Waals surface area contributed by atoms with Crippen molar-refractivity contribution in [1.29, 1.82) is 0 Å². The first-order valence-corrected chi connectivity index (χ1v) is 8.35. The van der Waals surface area contributed by atoms with E-state index in [-0.39, 0.29) is 24.3 Å². The summed E-state index contributed by atoms with van der Waals surface area (Å²) in [6, 6.07) is 2.04. The molecule has 2 amide bonds. The van der Waals surface area contributed by atoms with Gasteiger partial charge in [0, 0.05) is 24.8 Å². The van der Waals surface area contributed by atoms with Crippen molar-refractivity contribution in [2.45, 2.75) is 19.3 Å². The Hall–Kier alpha value is -3.34. The van der Waals surface area contributed by atoms with E-state index in [9.17, 15) is 28.3 Å². The average Bonchev–Trinajstić information content (AvgIpc) is 3.12. The van der Waals surface area contributed by atoms with E-state index in [0.717, 1.165) is 18.3 Å². The van der Waals surface area contributed by atoms with Gasteiger partial charge in [-0.05, 0) is 12.1 Å².